The molecule has 1 heterocycles. The first-order chi connectivity index (χ1) is 10.7. The second-order valence-corrected chi connectivity index (χ2v) is 4.65. The van der Waals surface area contributed by atoms with Gasteiger partial charge in [0.15, 0.2) is 0 Å². The first kappa shape index (κ1) is 15.5. The highest BCUT2D eigenvalue weighted by Gasteiger charge is 2.12. The van der Waals surface area contributed by atoms with Gasteiger partial charge in [0.25, 0.3) is 0 Å². The third-order valence-electron chi connectivity index (χ3n) is 3.04. The lowest BCUT2D eigenvalue weighted by molar-refractivity contribution is 0.162. The molecule has 0 aliphatic heterocycles. The Kier molecular flexibility index (Phi) is 5.08. The summed E-state index contributed by atoms with van der Waals surface area (Å²) in [6.45, 7) is 2.19. The lowest BCUT2D eigenvalue weighted by Gasteiger charge is -2.22. The Morgan fingerprint density at radius 2 is 2.41 bits per heavy atom. The van der Waals surface area contributed by atoms with Crippen molar-refractivity contribution in [1.82, 2.24) is 20.7 Å². The van der Waals surface area contributed by atoms with Crippen molar-refractivity contribution < 1.29 is 4.74 Å². The van der Waals surface area contributed by atoms with Gasteiger partial charge in [0.1, 0.15) is 17.9 Å². The van der Waals surface area contributed by atoms with Crippen LogP contribution in [0, 0.1) is 16.7 Å². The van der Waals surface area contributed by atoms with Gasteiger partial charge in [-0.15, -0.1) is 0 Å². The number of benzene rings is 1. The minimum atomic E-state index is -0.274. The highest BCUT2D eigenvalue weighted by Crippen LogP contribution is 2.27. The molecule has 0 spiro atoms. The fourth-order valence-corrected chi connectivity index (χ4v) is 1.97. The van der Waals surface area contributed by atoms with E-state index in [1.165, 1.54) is 5.01 Å². The fraction of sp³-hybridized carbons (Fsp3) is 0.214. The summed E-state index contributed by atoms with van der Waals surface area (Å²) in [5.41, 5.74) is 4.62. The summed E-state index contributed by atoms with van der Waals surface area (Å²) in [4.78, 5) is 0. The topological polar surface area (TPSA) is 127 Å². The maximum atomic E-state index is 9.20. The number of ether oxygens (including phenoxy) is 1. The summed E-state index contributed by atoms with van der Waals surface area (Å²) in [5.74, 6) is 5.76. The zero-order valence-corrected chi connectivity index (χ0v) is 12.1. The van der Waals surface area contributed by atoms with Crippen LogP contribution in [0.25, 0.3) is 11.1 Å². The van der Waals surface area contributed by atoms with Gasteiger partial charge in [-0.1, -0.05) is 6.07 Å². The predicted octanol–water partition coefficient (Wildman–Crippen LogP) is 1.00. The average molecular weight is 299 g/mol. The molecule has 114 valence electrons. The van der Waals surface area contributed by atoms with Gasteiger partial charge >= 0.3 is 0 Å². The van der Waals surface area contributed by atoms with Gasteiger partial charge in [0.2, 0.25) is 0 Å². The molecule has 8 heteroatoms. The molecule has 0 radical (unpaired) electrons. The monoisotopic (exact) mass is 299 g/mol. The molecule has 0 unspecified atom stereocenters. The van der Waals surface area contributed by atoms with E-state index in [1.807, 2.05) is 13.0 Å². The molecule has 1 aromatic heterocycles. The van der Waals surface area contributed by atoms with Crippen molar-refractivity contribution in [2.45, 2.75) is 13.0 Å². The van der Waals surface area contributed by atoms with Gasteiger partial charge in [-0.2, -0.15) is 15.9 Å². The Morgan fingerprint density at radius 1 is 1.59 bits per heavy atom. The number of hydrazine groups is 2. The Labute approximate surface area is 127 Å². The van der Waals surface area contributed by atoms with Crippen molar-refractivity contribution in [2.75, 3.05) is 6.54 Å². The second-order valence-electron chi connectivity index (χ2n) is 4.65. The van der Waals surface area contributed by atoms with Crippen LogP contribution in [0.4, 0.5) is 0 Å². The molecule has 0 saturated carbocycles. The van der Waals surface area contributed by atoms with Gasteiger partial charge in [-0.3, -0.25) is 21.4 Å². The number of aromatic amines is 1. The van der Waals surface area contributed by atoms with Crippen LogP contribution >= 0.6 is 0 Å². The smallest absolute Gasteiger partial charge is 0.138 e. The first-order valence-corrected chi connectivity index (χ1v) is 6.61. The molecule has 22 heavy (non-hydrogen) atoms. The van der Waals surface area contributed by atoms with Crippen molar-refractivity contribution in [3.63, 3.8) is 0 Å². The summed E-state index contributed by atoms with van der Waals surface area (Å²) in [6, 6.07) is 7.45. The zero-order chi connectivity index (χ0) is 15.9. The number of nitriles is 1. The average Bonchev–Trinajstić information content (AvgIpc) is 3.07. The summed E-state index contributed by atoms with van der Waals surface area (Å²) >= 11 is 0. The molecule has 0 aliphatic rings. The fourth-order valence-electron chi connectivity index (χ4n) is 1.97. The van der Waals surface area contributed by atoms with E-state index < -0.39 is 0 Å². The van der Waals surface area contributed by atoms with E-state index in [4.69, 9.17) is 16.0 Å². The maximum Gasteiger partial charge on any atom is 0.138 e. The Bertz CT molecular complexity index is 662. The molecule has 0 bridgehead atoms. The lowest BCUT2D eigenvalue weighted by atomic mass is 10.1. The van der Waals surface area contributed by atoms with Crippen molar-refractivity contribution >= 4 is 6.34 Å². The van der Waals surface area contributed by atoms with Crippen LogP contribution in [-0.4, -0.2) is 34.2 Å². The molecule has 0 aliphatic carbocycles. The van der Waals surface area contributed by atoms with Crippen LogP contribution in [0.5, 0.6) is 5.75 Å². The van der Waals surface area contributed by atoms with Crippen LogP contribution < -0.4 is 16.1 Å². The zero-order valence-electron chi connectivity index (χ0n) is 12.1. The van der Waals surface area contributed by atoms with E-state index in [0.29, 0.717) is 17.9 Å². The van der Waals surface area contributed by atoms with Crippen LogP contribution in [0.3, 0.4) is 0 Å². The lowest BCUT2D eigenvalue weighted by Crippen LogP contribution is -2.46. The van der Waals surface area contributed by atoms with E-state index in [2.05, 4.69) is 21.8 Å². The number of rotatable bonds is 7. The molecule has 5 N–H and O–H groups in total. The highest BCUT2D eigenvalue weighted by atomic mass is 16.5. The molecule has 0 saturated heterocycles. The molecule has 0 fully saturated rings. The van der Waals surface area contributed by atoms with Crippen molar-refractivity contribution in [3.05, 3.63) is 36.2 Å². The Morgan fingerprint density at radius 3 is 3.00 bits per heavy atom. The van der Waals surface area contributed by atoms with E-state index in [1.54, 1.807) is 24.5 Å². The molecule has 2 rings (SSSR count). The van der Waals surface area contributed by atoms with E-state index in [0.717, 1.165) is 17.5 Å². The van der Waals surface area contributed by atoms with Gasteiger partial charge < -0.3 is 4.74 Å². The standard InChI is InChI=1S/C14H17N7O/c1-10(8-21(9-16)20-17)22-14-4-11(2-3-12(14)5-15)13-6-18-19-7-13/h2-4,6-7,9-10,16,20H,8,17H2,1H3,(H,18,19)/t10-/m0/s1. The number of nitrogens with one attached hydrogen (secondary N) is 3. The number of H-pyrrole nitrogens is 1. The summed E-state index contributed by atoms with van der Waals surface area (Å²) in [7, 11) is 0. The summed E-state index contributed by atoms with van der Waals surface area (Å²) in [6.07, 6.45) is 4.25. The van der Waals surface area contributed by atoms with E-state index in [-0.39, 0.29) is 6.10 Å². The maximum absolute atomic E-state index is 9.20. The second kappa shape index (κ2) is 7.21. The molecule has 8 nitrogen and oxygen atoms in total. The Balaban J connectivity index is 2.20. The predicted molar refractivity (Wildman–Crippen MR) is 81.6 cm³/mol. The van der Waals surface area contributed by atoms with Gasteiger partial charge in [0.05, 0.1) is 24.6 Å². The van der Waals surface area contributed by atoms with Crippen molar-refractivity contribution in [1.29, 1.82) is 10.7 Å². The normalized spacial score (nSPS) is 11.5. The summed E-state index contributed by atoms with van der Waals surface area (Å²) < 4.78 is 5.82. The molecular weight excluding hydrogens is 282 g/mol. The first-order valence-electron chi connectivity index (χ1n) is 6.61. The molecular formula is C14H17N7O. The van der Waals surface area contributed by atoms with Crippen molar-refractivity contribution in [2.24, 2.45) is 5.84 Å². The SMILES string of the molecule is C[C@@H](CN(C=N)NN)Oc1cc(-c2cn[nH]c2)ccc1C#N. The third-order valence-corrected chi connectivity index (χ3v) is 3.04. The van der Waals surface area contributed by atoms with Crippen LogP contribution in [0.15, 0.2) is 30.6 Å². The van der Waals surface area contributed by atoms with Gasteiger partial charge in [-0.25, -0.2) is 0 Å². The van der Waals surface area contributed by atoms with E-state index >= 15 is 0 Å². The minimum absolute atomic E-state index is 0.274. The number of hydrogen-bond acceptors (Lipinski definition) is 6. The minimum Gasteiger partial charge on any atom is -0.487 e. The van der Waals surface area contributed by atoms with Crippen LogP contribution in [0.2, 0.25) is 0 Å². The molecule has 0 amide bonds. The number of hydrogen-bond donors (Lipinski definition) is 4. The number of nitrogens with two attached hydrogens (primary N) is 1. The van der Waals surface area contributed by atoms with Crippen molar-refractivity contribution in [3.8, 4) is 22.9 Å². The molecule has 1 atom stereocenters. The highest BCUT2D eigenvalue weighted by molar-refractivity contribution is 5.66. The van der Waals surface area contributed by atoms with Gasteiger partial charge in [-0.05, 0) is 24.6 Å². The van der Waals surface area contributed by atoms with Gasteiger partial charge in [0, 0.05) is 11.8 Å². The largest absolute Gasteiger partial charge is 0.487 e. The third kappa shape index (κ3) is 3.60. The molecule has 1 aromatic carbocycles. The summed E-state index contributed by atoms with van der Waals surface area (Å²) in [5, 5.41) is 24.4. The molecule has 2 aromatic rings. The van der Waals surface area contributed by atoms with Crippen LogP contribution in [0.1, 0.15) is 12.5 Å². The number of nitrogens with zero attached hydrogens (tertiary/aromatic N) is 3. The number of aromatic nitrogens is 2. The van der Waals surface area contributed by atoms with Crippen LogP contribution in [-0.2, 0) is 0 Å². The van der Waals surface area contributed by atoms with E-state index in [9.17, 15) is 5.26 Å². The quantitative estimate of drug-likeness (QED) is 0.261. The Hall–Kier alpha value is -2.89.